The number of amides is 1. The molecule has 2 saturated carbocycles. The number of piperidine rings is 1. The standard InChI is InChI=1S/C61H76FN9O9/c1-38(2)44-9-7-8-10-45(44)50-36-69(35-41-11-14-51(75-5)55-54(41)77-25-26-78-55)23-24-71(50)43-30-61(31-43)19-21-70(22-20-61)42-12-13-46(52(28-42)80-53-29-47-48(62)34-65-56(47)66-59(53)76-6)58(72)67-79-37-40-27-49(68(4)74)57(64-33-40)63-32-39-15-17-60(3,73)18-16-39/h7-14,27-29,33-34,38-39,43,50,68,73H,15-26,30-32,35-37H2,1-6H3,(H,63,64)(H,65,66)(H,67,72)/t39?,50-,60?/m0/s1. The molecule has 5 N–H and O–H groups in total. The van der Waals surface area contributed by atoms with E-state index in [4.69, 9.17) is 28.5 Å². The van der Waals surface area contributed by atoms with E-state index in [1.54, 1.807) is 25.4 Å². The molecule has 3 aliphatic heterocycles. The largest absolute Gasteiger partial charge is 0.629 e. The Balaban J connectivity index is 0.768. The number of carbonyl (C=O) groups is 1. The molecule has 6 aromatic rings. The number of methoxy groups -OCH3 is 2. The fourth-order valence-corrected chi connectivity index (χ4v) is 12.8. The van der Waals surface area contributed by atoms with E-state index < -0.39 is 17.3 Å². The fourth-order valence-electron chi connectivity index (χ4n) is 12.8. The number of piperazine rings is 1. The Morgan fingerprint density at radius 3 is 2.48 bits per heavy atom. The second kappa shape index (κ2) is 23.4. The van der Waals surface area contributed by atoms with Crippen molar-refractivity contribution in [1.29, 1.82) is 0 Å². The number of fused-ring (bicyclic) bond motifs is 2. The minimum atomic E-state index is -0.627. The van der Waals surface area contributed by atoms with Crippen molar-refractivity contribution in [3.63, 3.8) is 0 Å². The van der Waals surface area contributed by atoms with Gasteiger partial charge in [0.2, 0.25) is 5.75 Å². The first-order chi connectivity index (χ1) is 38.7. The number of pyridine rings is 2. The first-order valence-electron chi connectivity index (χ1n) is 28.4. The number of rotatable bonds is 18. The van der Waals surface area contributed by atoms with Crippen molar-refractivity contribution in [3.8, 4) is 34.6 Å². The number of carbonyl (C=O) groups excluding carboxylic acids is 1. The van der Waals surface area contributed by atoms with Crippen LogP contribution in [-0.4, -0.2) is 121 Å². The average Bonchev–Trinajstić information content (AvgIpc) is 3.84. The van der Waals surface area contributed by atoms with E-state index in [-0.39, 0.29) is 51.5 Å². The summed E-state index contributed by atoms with van der Waals surface area (Å²) in [6.45, 7) is 13.3. The van der Waals surface area contributed by atoms with Crippen molar-refractivity contribution in [2.24, 2.45) is 11.3 Å². The van der Waals surface area contributed by atoms with Crippen molar-refractivity contribution in [2.45, 2.75) is 109 Å². The van der Waals surface area contributed by atoms with E-state index in [2.05, 4.69) is 84.6 Å². The number of aliphatic hydroxyl groups is 1. The van der Waals surface area contributed by atoms with Crippen LogP contribution in [0.4, 0.5) is 21.6 Å². The molecule has 1 amide bonds. The highest BCUT2D eigenvalue weighted by Crippen LogP contribution is 2.54. The highest BCUT2D eigenvalue weighted by molar-refractivity contribution is 5.97. The van der Waals surface area contributed by atoms with Crippen molar-refractivity contribution in [3.05, 3.63) is 118 Å². The Morgan fingerprint density at radius 2 is 1.73 bits per heavy atom. The summed E-state index contributed by atoms with van der Waals surface area (Å²) in [5.74, 6) is 2.80. The Morgan fingerprint density at radius 1 is 0.950 bits per heavy atom. The summed E-state index contributed by atoms with van der Waals surface area (Å²) in [6, 6.07) is 22.5. The lowest BCUT2D eigenvalue weighted by atomic mass is 9.59. The van der Waals surface area contributed by atoms with E-state index in [1.807, 2.05) is 25.1 Å². The monoisotopic (exact) mass is 1100 g/mol. The number of ether oxygens (including phenoxy) is 5. The van der Waals surface area contributed by atoms with Crippen LogP contribution in [0, 0.1) is 22.4 Å². The Kier molecular flexibility index (Phi) is 16.1. The summed E-state index contributed by atoms with van der Waals surface area (Å²) < 4.78 is 44.9. The Labute approximate surface area is 467 Å². The predicted molar refractivity (Wildman–Crippen MR) is 303 cm³/mol. The van der Waals surface area contributed by atoms with Crippen LogP contribution in [0.15, 0.2) is 79.1 Å². The second-order valence-electron chi connectivity index (χ2n) is 23.3. The number of quaternary nitrogens is 1. The summed E-state index contributed by atoms with van der Waals surface area (Å²) in [4.78, 5) is 39.4. The number of nitrogens with one attached hydrogen (secondary N) is 4. The van der Waals surface area contributed by atoms with Gasteiger partial charge in [0, 0.05) is 105 Å². The van der Waals surface area contributed by atoms with Gasteiger partial charge < -0.3 is 54.3 Å². The molecule has 19 heteroatoms. The lowest BCUT2D eigenvalue weighted by Gasteiger charge is -2.58. The van der Waals surface area contributed by atoms with Crippen LogP contribution in [0.25, 0.3) is 11.0 Å². The number of aromatic amines is 1. The van der Waals surface area contributed by atoms with Gasteiger partial charge in [0.25, 0.3) is 11.8 Å². The third-order valence-corrected chi connectivity index (χ3v) is 17.5. The van der Waals surface area contributed by atoms with Gasteiger partial charge in [-0.1, -0.05) is 44.2 Å². The maximum absolute atomic E-state index is 14.9. The molecule has 2 aliphatic carbocycles. The minimum absolute atomic E-state index is 0.0665. The number of hydroxylamine groups is 2. The molecule has 0 radical (unpaired) electrons. The van der Waals surface area contributed by atoms with E-state index >= 15 is 0 Å². The lowest BCUT2D eigenvalue weighted by Crippen LogP contribution is -2.98. The van der Waals surface area contributed by atoms with Crippen LogP contribution in [0.2, 0.25) is 0 Å². The van der Waals surface area contributed by atoms with Gasteiger partial charge in [-0.25, -0.2) is 14.9 Å². The van der Waals surface area contributed by atoms with Crippen LogP contribution in [-0.2, 0) is 18.0 Å². The van der Waals surface area contributed by atoms with E-state index in [9.17, 15) is 19.5 Å². The summed E-state index contributed by atoms with van der Waals surface area (Å²) in [6.07, 6.45) is 10.4. The summed E-state index contributed by atoms with van der Waals surface area (Å²) >= 11 is 0. The third kappa shape index (κ3) is 11.7. The molecule has 0 bridgehead atoms. The van der Waals surface area contributed by atoms with Crippen LogP contribution in [0.1, 0.15) is 117 Å². The minimum Gasteiger partial charge on any atom is -0.629 e. The van der Waals surface area contributed by atoms with Gasteiger partial charge in [0.1, 0.15) is 37.0 Å². The van der Waals surface area contributed by atoms with Crippen LogP contribution in [0.5, 0.6) is 34.6 Å². The molecule has 80 heavy (non-hydrogen) atoms. The maximum Gasteiger partial charge on any atom is 0.278 e. The van der Waals surface area contributed by atoms with E-state index in [0.717, 1.165) is 108 Å². The number of H-pyrrole nitrogens is 1. The zero-order valence-electron chi connectivity index (χ0n) is 46.9. The molecule has 2 saturated heterocycles. The summed E-state index contributed by atoms with van der Waals surface area (Å²) in [5.41, 5.74) is 8.45. The predicted octanol–water partition coefficient (Wildman–Crippen LogP) is 8.97. The molecule has 6 heterocycles. The number of aromatic nitrogens is 3. The first-order valence-corrected chi connectivity index (χ1v) is 28.4. The molecule has 1 spiro atoms. The van der Waals surface area contributed by atoms with Crippen molar-refractivity contribution in [1.82, 2.24) is 30.2 Å². The number of benzene rings is 3. The van der Waals surface area contributed by atoms with Crippen LogP contribution < -0.4 is 44.4 Å². The summed E-state index contributed by atoms with van der Waals surface area (Å²) in [7, 11) is 4.61. The van der Waals surface area contributed by atoms with Crippen molar-refractivity contribution >= 4 is 34.1 Å². The SMILES string of the molecule is COc1ccc(CN2CCN(C3CC4(CCN(c5ccc(C(=O)NOCc6cnc(NCC7CCC(C)(O)CC7)c([NH+](C)[O-])c6)c(Oc6cc7c(F)c[nH]c7nc6OC)c5)CC4)C3)[C@H](c3ccccc3C(C)C)C2)c2c1OCCO2. The maximum atomic E-state index is 14.9. The highest BCUT2D eigenvalue weighted by atomic mass is 19.1. The molecule has 3 aromatic carbocycles. The van der Waals surface area contributed by atoms with E-state index in [1.165, 1.54) is 37.5 Å². The van der Waals surface area contributed by atoms with Gasteiger partial charge in [0.15, 0.2) is 28.8 Å². The number of halogens is 1. The van der Waals surface area contributed by atoms with Crippen molar-refractivity contribution in [2.75, 3.05) is 84.0 Å². The van der Waals surface area contributed by atoms with E-state index in [0.29, 0.717) is 71.9 Å². The van der Waals surface area contributed by atoms with Gasteiger partial charge in [-0.2, -0.15) is 4.98 Å². The Hall–Kier alpha value is -6.74. The molecule has 5 aliphatic rings. The third-order valence-electron chi connectivity index (χ3n) is 17.5. The molecular weight excluding hydrogens is 1020 g/mol. The quantitative estimate of drug-likeness (QED) is 0.0512. The number of hydrogen-bond donors (Lipinski definition) is 5. The highest BCUT2D eigenvalue weighted by Gasteiger charge is 2.50. The smallest absolute Gasteiger partial charge is 0.278 e. The number of hydrogen-bond acceptors (Lipinski definition) is 15. The lowest BCUT2D eigenvalue weighted by molar-refractivity contribution is -0.751. The molecule has 11 rings (SSSR count). The zero-order valence-corrected chi connectivity index (χ0v) is 46.9. The van der Waals surface area contributed by atoms with Crippen molar-refractivity contribution < 1.29 is 47.9 Å². The second-order valence-corrected chi connectivity index (χ2v) is 23.3. The molecule has 18 nitrogen and oxygen atoms in total. The molecular formula is C61H76FN9O9. The topological polar surface area (TPSA) is 196 Å². The van der Waals surface area contributed by atoms with Gasteiger partial charge in [0.05, 0.1) is 37.8 Å². The molecule has 3 aromatic heterocycles. The average molecular weight is 1100 g/mol. The number of nitrogens with zero attached hydrogens (tertiary/aromatic N) is 5. The number of anilines is 2. The fraction of sp³-hybridized carbons (Fsp3) is 0.492. The summed E-state index contributed by atoms with van der Waals surface area (Å²) in [5, 5.41) is 26.6. The first kappa shape index (κ1) is 55.2. The molecule has 426 valence electrons. The Bertz CT molecular complexity index is 3160. The van der Waals surface area contributed by atoms with Gasteiger partial charge in [-0.15, -0.1) is 0 Å². The molecule has 4 fully saturated rings. The van der Waals surface area contributed by atoms with Crippen LogP contribution >= 0.6 is 0 Å². The zero-order chi connectivity index (χ0) is 55.7. The van der Waals surface area contributed by atoms with Crippen LogP contribution in [0.3, 0.4) is 0 Å². The van der Waals surface area contributed by atoms with Gasteiger partial charge >= 0.3 is 0 Å². The van der Waals surface area contributed by atoms with Gasteiger partial charge in [-0.3, -0.25) is 19.4 Å². The van der Waals surface area contributed by atoms with Gasteiger partial charge in [-0.05, 0) is 105 Å². The molecule has 2 atom stereocenters. The normalized spacial score (nSPS) is 21.8. The molecule has 1 unspecified atom stereocenters.